The Morgan fingerprint density at radius 1 is 1.03 bits per heavy atom. The average Bonchev–Trinajstić information content (AvgIpc) is 3.34. The first-order valence-electron chi connectivity index (χ1n) is 11.3. The molecule has 2 heterocycles. The highest BCUT2D eigenvalue weighted by Crippen LogP contribution is 2.24. The first-order valence-corrected chi connectivity index (χ1v) is 11.3. The number of hydrogen-bond donors (Lipinski definition) is 2. The fourth-order valence-electron chi connectivity index (χ4n) is 4.57. The molecule has 4 aromatic rings. The summed E-state index contributed by atoms with van der Waals surface area (Å²) >= 11 is 0. The summed E-state index contributed by atoms with van der Waals surface area (Å²) in [6, 6.07) is 19.2. The van der Waals surface area contributed by atoms with E-state index in [2.05, 4.69) is 10.3 Å². The summed E-state index contributed by atoms with van der Waals surface area (Å²) in [6.07, 6.45) is 7.93. The number of fused-ring (bicyclic) bond motifs is 1. The van der Waals surface area contributed by atoms with Gasteiger partial charge in [-0.2, -0.15) is 0 Å². The van der Waals surface area contributed by atoms with Crippen LogP contribution in [0.15, 0.2) is 77.9 Å². The van der Waals surface area contributed by atoms with Gasteiger partial charge in [0.1, 0.15) is 5.82 Å². The highest BCUT2D eigenvalue weighted by Gasteiger charge is 2.18. The van der Waals surface area contributed by atoms with Crippen molar-refractivity contribution in [3.8, 4) is 11.1 Å². The number of benzene rings is 2. The van der Waals surface area contributed by atoms with E-state index in [9.17, 15) is 9.59 Å². The van der Waals surface area contributed by atoms with Crippen LogP contribution in [0, 0.1) is 0 Å². The van der Waals surface area contributed by atoms with Crippen molar-refractivity contribution in [3.63, 3.8) is 0 Å². The van der Waals surface area contributed by atoms with Crippen LogP contribution in [0.2, 0.25) is 0 Å². The van der Waals surface area contributed by atoms with E-state index in [1.807, 2.05) is 60.7 Å². The first-order chi connectivity index (χ1) is 16.1. The van der Waals surface area contributed by atoms with E-state index in [0.717, 1.165) is 34.9 Å². The van der Waals surface area contributed by atoms with Gasteiger partial charge in [0, 0.05) is 29.4 Å². The Balaban J connectivity index is 1.39. The Morgan fingerprint density at radius 2 is 1.85 bits per heavy atom. The molecule has 5 rings (SSSR count). The lowest BCUT2D eigenvalue weighted by molar-refractivity contribution is 0.0937. The van der Waals surface area contributed by atoms with Gasteiger partial charge in [0.15, 0.2) is 0 Å². The van der Waals surface area contributed by atoms with Crippen LogP contribution in [0.25, 0.3) is 21.9 Å². The maximum Gasteiger partial charge on any atom is 0.258 e. The first kappa shape index (κ1) is 20.9. The second-order valence-electron chi connectivity index (χ2n) is 8.68. The van der Waals surface area contributed by atoms with Crippen LogP contribution >= 0.6 is 0 Å². The van der Waals surface area contributed by atoms with E-state index in [1.165, 1.54) is 12.8 Å². The summed E-state index contributed by atoms with van der Waals surface area (Å²) in [5.74, 6) is 0.418. The van der Waals surface area contributed by atoms with Gasteiger partial charge in [-0.15, -0.1) is 0 Å². The standard InChI is InChI=1S/C27H26N4O2/c28-25-16-20(10-12-29-25)19-8-9-24-21(15-19)11-13-31(27(24)33)17-18-4-3-5-22(14-18)26(32)30-23-6-1-2-7-23/h3-5,8-16,23H,1-2,6-7,17H2,(H2,28,29)(H,30,32). The molecule has 1 aliphatic rings. The summed E-state index contributed by atoms with van der Waals surface area (Å²) in [7, 11) is 0. The smallest absolute Gasteiger partial charge is 0.258 e. The molecule has 3 N–H and O–H groups in total. The number of rotatable bonds is 5. The van der Waals surface area contributed by atoms with Crippen molar-refractivity contribution in [3.05, 3.63) is 94.5 Å². The van der Waals surface area contributed by atoms with E-state index in [-0.39, 0.29) is 17.5 Å². The van der Waals surface area contributed by atoms with Crippen LogP contribution in [0.5, 0.6) is 0 Å². The Kier molecular flexibility index (Phi) is 5.65. The molecule has 166 valence electrons. The highest BCUT2D eigenvalue weighted by atomic mass is 16.1. The number of pyridine rings is 2. The zero-order chi connectivity index (χ0) is 22.8. The van der Waals surface area contributed by atoms with Gasteiger partial charge in [-0.3, -0.25) is 9.59 Å². The van der Waals surface area contributed by atoms with Crippen LogP contribution in [0.1, 0.15) is 41.6 Å². The predicted octanol–water partition coefficient (Wildman–Crippen LogP) is 4.37. The van der Waals surface area contributed by atoms with Gasteiger partial charge in [0.25, 0.3) is 11.5 Å². The fourth-order valence-corrected chi connectivity index (χ4v) is 4.57. The Bertz CT molecular complexity index is 1390. The third-order valence-corrected chi connectivity index (χ3v) is 6.32. The van der Waals surface area contributed by atoms with Crippen LogP contribution < -0.4 is 16.6 Å². The molecule has 0 radical (unpaired) electrons. The molecule has 0 aliphatic heterocycles. The van der Waals surface area contributed by atoms with Gasteiger partial charge in [-0.05, 0) is 77.4 Å². The number of nitrogen functional groups attached to an aromatic ring is 1. The maximum atomic E-state index is 13.1. The number of amides is 1. The highest BCUT2D eigenvalue weighted by molar-refractivity contribution is 5.94. The molecule has 2 aromatic carbocycles. The number of nitrogens with one attached hydrogen (secondary N) is 1. The van der Waals surface area contributed by atoms with E-state index < -0.39 is 0 Å². The molecule has 6 nitrogen and oxygen atoms in total. The molecule has 0 spiro atoms. The van der Waals surface area contributed by atoms with Gasteiger partial charge in [-0.1, -0.05) is 31.0 Å². The predicted molar refractivity (Wildman–Crippen MR) is 131 cm³/mol. The summed E-state index contributed by atoms with van der Waals surface area (Å²) in [5.41, 5.74) is 9.24. The van der Waals surface area contributed by atoms with Crippen LogP contribution in [-0.4, -0.2) is 21.5 Å². The van der Waals surface area contributed by atoms with E-state index >= 15 is 0 Å². The lowest BCUT2D eigenvalue weighted by atomic mass is 10.0. The second kappa shape index (κ2) is 8.90. The lowest BCUT2D eigenvalue weighted by Gasteiger charge is -2.13. The quantitative estimate of drug-likeness (QED) is 0.484. The molecule has 6 heteroatoms. The average molecular weight is 439 g/mol. The number of anilines is 1. The zero-order valence-corrected chi connectivity index (χ0v) is 18.3. The third-order valence-electron chi connectivity index (χ3n) is 6.32. The maximum absolute atomic E-state index is 13.1. The molecule has 1 saturated carbocycles. The van der Waals surface area contributed by atoms with Crippen molar-refractivity contribution >= 4 is 22.5 Å². The van der Waals surface area contributed by atoms with E-state index in [4.69, 9.17) is 5.73 Å². The summed E-state index contributed by atoms with van der Waals surface area (Å²) in [6.45, 7) is 0.405. The monoisotopic (exact) mass is 438 g/mol. The molecule has 2 aromatic heterocycles. The minimum Gasteiger partial charge on any atom is -0.384 e. The van der Waals surface area contributed by atoms with Crippen molar-refractivity contribution in [2.45, 2.75) is 38.3 Å². The lowest BCUT2D eigenvalue weighted by Crippen LogP contribution is -2.32. The SMILES string of the molecule is Nc1cc(-c2ccc3c(=O)n(Cc4cccc(C(=O)NC5CCCC5)c4)ccc3c2)ccn1. The number of carbonyl (C=O) groups excluding carboxylic acids is 1. The van der Waals surface area contributed by atoms with Crippen molar-refractivity contribution in [1.82, 2.24) is 14.9 Å². The summed E-state index contributed by atoms with van der Waals surface area (Å²) in [5, 5.41) is 4.65. The minimum atomic E-state index is -0.0610. The second-order valence-corrected chi connectivity index (χ2v) is 8.68. The van der Waals surface area contributed by atoms with Gasteiger partial charge >= 0.3 is 0 Å². The van der Waals surface area contributed by atoms with Crippen molar-refractivity contribution in [2.75, 3.05) is 5.73 Å². The van der Waals surface area contributed by atoms with Crippen LogP contribution in [-0.2, 0) is 6.54 Å². The zero-order valence-electron chi connectivity index (χ0n) is 18.3. The van der Waals surface area contributed by atoms with Crippen molar-refractivity contribution < 1.29 is 4.79 Å². The summed E-state index contributed by atoms with van der Waals surface area (Å²) < 4.78 is 1.68. The largest absolute Gasteiger partial charge is 0.384 e. The molecule has 1 fully saturated rings. The molecule has 0 saturated heterocycles. The molecule has 1 aliphatic carbocycles. The molecule has 0 atom stereocenters. The fraction of sp³-hybridized carbons (Fsp3) is 0.222. The number of nitrogens with zero attached hydrogens (tertiary/aromatic N) is 2. The van der Waals surface area contributed by atoms with E-state index in [1.54, 1.807) is 17.0 Å². The Morgan fingerprint density at radius 3 is 2.67 bits per heavy atom. The number of nitrogens with two attached hydrogens (primary N) is 1. The number of carbonyl (C=O) groups is 1. The van der Waals surface area contributed by atoms with Crippen LogP contribution in [0.4, 0.5) is 5.82 Å². The Labute approximate surface area is 192 Å². The molecular weight excluding hydrogens is 412 g/mol. The van der Waals surface area contributed by atoms with Gasteiger partial charge in [0.05, 0.1) is 6.54 Å². The van der Waals surface area contributed by atoms with Gasteiger partial charge in [0.2, 0.25) is 0 Å². The van der Waals surface area contributed by atoms with Crippen molar-refractivity contribution in [1.29, 1.82) is 0 Å². The van der Waals surface area contributed by atoms with Crippen LogP contribution in [0.3, 0.4) is 0 Å². The topological polar surface area (TPSA) is 90.0 Å². The molecule has 0 unspecified atom stereocenters. The molecule has 1 amide bonds. The molecular formula is C27H26N4O2. The normalized spacial score (nSPS) is 13.9. The summed E-state index contributed by atoms with van der Waals surface area (Å²) in [4.78, 5) is 29.8. The van der Waals surface area contributed by atoms with Gasteiger partial charge < -0.3 is 15.6 Å². The third kappa shape index (κ3) is 4.51. The Hall–Kier alpha value is -3.93. The molecule has 33 heavy (non-hydrogen) atoms. The van der Waals surface area contributed by atoms with Crippen molar-refractivity contribution in [2.24, 2.45) is 0 Å². The minimum absolute atomic E-state index is 0.0427. The molecule has 0 bridgehead atoms. The van der Waals surface area contributed by atoms with Gasteiger partial charge in [-0.25, -0.2) is 4.98 Å². The number of hydrogen-bond acceptors (Lipinski definition) is 4. The van der Waals surface area contributed by atoms with E-state index in [0.29, 0.717) is 23.3 Å². The number of aromatic nitrogens is 2.